The van der Waals surface area contributed by atoms with E-state index < -0.39 is 0 Å². The number of thioether (sulfide) groups is 1. The Balaban J connectivity index is 1.48. The summed E-state index contributed by atoms with van der Waals surface area (Å²) in [4.78, 5) is 22.5. The molecule has 1 atom stereocenters. The number of fused-ring (bicyclic) bond motifs is 1. The van der Waals surface area contributed by atoms with E-state index in [1.165, 1.54) is 23.9 Å². The van der Waals surface area contributed by atoms with Crippen LogP contribution in [-0.4, -0.2) is 31.2 Å². The van der Waals surface area contributed by atoms with E-state index in [2.05, 4.69) is 20.4 Å². The zero-order valence-corrected chi connectivity index (χ0v) is 18.4. The van der Waals surface area contributed by atoms with Crippen molar-refractivity contribution in [3.05, 3.63) is 75.0 Å². The normalized spacial score (nSPS) is 12.3. The zero-order valence-electron chi connectivity index (χ0n) is 16.7. The molecule has 3 heterocycles. The van der Waals surface area contributed by atoms with Crippen LogP contribution in [0.3, 0.4) is 0 Å². The number of rotatable bonds is 6. The van der Waals surface area contributed by atoms with Crippen molar-refractivity contribution in [2.24, 2.45) is 0 Å². The lowest BCUT2D eigenvalue weighted by molar-refractivity contribution is -0.119. The van der Waals surface area contributed by atoms with Crippen LogP contribution in [0.25, 0.3) is 5.78 Å². The van der Waals surface area contributed by atoms with Crippen LogP contribution < -0.4 is 5.32 Å². The summed E-state index contributed by atoms with van der Waals surface area (Å²) in [5.74, 6) is 0.231. The Kier molecular flexibility index (Phi) is 5.83. The SMILES string of the molecule is Cc1nc2nc(SCC(=O)NC(c3ccc(F)cc3)c3cccs3)nn2c(C)c1C. The molecule has 0 radical (unpaired) electrons. The van der Waals surface area contributed by atoms with Crippen molar-refractivity contribution < 1.29 is 9.18 Å². The molecule has 9 heteroatoms. The number of hydrogen-bond acceptors (Lipinski definition) is 6. The van der Waals surface area contributed by atoms with Gasteiger partial charge in [0.1, 0.15) is 5.82 Å². The Morgan fingerprint density at radius 3 is 2.67 bits per heavy atom. The quantitative estimate of drug-likeness (QED) is 0.453. The number of nitrogens with zero attached hydrogens (tertiary/aromatic N) is 4. The van der Waals surface area contributed by atoms with Gasteiger partial charge in [0, 0.05) is 16.3 Å². The van der Waals surface area contributed by atoms with Crippen molar-refractivity contribution in [1.82, 2.24) is 24.9 Å². The van der Waals surface area contributed by atoms with Gasteiger partial charge >= 0.3 is 0 Å². The summed E-state index contributed by atoms with van der Waals surface area (Å²) in [6.07, 6.45) is 0. The minimum absolute atomic E-state index is 0.154. The van der Waals surface area contributed by atoms with Gasteiger partial charge in [-0.1, -0.05) is 30.0 Å². The predicted molar refractivity (Wildman–Crippen MR) is 116 cm³/mol. The molecule has 154 valence electrons. The number of aryl methyl sites for hydroxylation is 2. The summed E-state index contributed by atoms with van der Waals surface area (Å²) in [7, 11) is 0. The fourth-order valence-corrected chi connectivity index (χ4v) is 4.49. The summed E-state index contributed by atoms with van der Waals surface area (Å²) in [6.45, 7) is 5.91. The van der Waals surface area contributed by atoms with E-state index in [1.54, 1.807) is 28.0 Å². The molecule has 1 aromatic carbocycles. The molecule has 0 spiro atoms. The van der Waals surface area contributed by atoms with Gasteiger partial charge in [-0.25, -0.2) is 13.9 Å². The molecule has 0 saturated carbocycles. The maximum Gasteiger partial charge on any atom is 0.253 e. The van der Waals surface area contributed by atoms with Crippen LogP contribution in [0.1, 0.15) is 33.4 Å². The highest BCUT2D eigenvalue weighted by atomic mass is 32.2. The molecule has 4 rings (SSSR count). The summed E-state index contributed by atoms with van der Waals surface area (Å²) in [5, 5.41) is 9.96. The van der Waals surface area contributed by atoms with Gasteiger partial charge in [-0.05, 0) is 55.5 Å². The van der Waals surface area contributed by atoms with E-state index in [9.17, 15) is 9.18 Å². The molecule has 0 bridgehead atoms. The smallest absolute Gasteiger partial charge is 0.253 e. The van der Waals surface area contributed by atoms with Crippen molar-refractivity contribution in [1.29, 1.82) is 0 Å². The molecule has 0 saturated heterocycles. The van der Waals surface area contributed by atoms with Gasteiger partial charge in [0.2, 0.25) is 11.1 Å². The molecule has 1 amide bonds. The number of benzene rings is 1. The Hall–Kier alpha value is -2.78. The molecule has 0 aliphatic carbocycles. The van der Waals surface area contributed by atoms with Crippen molar-refractivity contribution >= 4 is 34.8 Å². The lowest BCUT2D eigenvalue weighted by Crippen LogP contribution is -2.30. The monoisotopic (exact) mass is 441 g/mol. The predicted octanol–water partition coefficient (Wildman–Crippen LogP) is 4.25. The molecule has 0 fully saturated rings. The van der Waals surface area contributed by atoms with Gasteiger partial charge in [0.05, 0.1) is 11.8 Å². The number of thiophene rings is 1. The second kappa shape index (κ2) is 8.53. The molecule has 4 aromatic rings. The zero-order chi connectivity index (χ0) is 21.3. The highest BCUT2D eigenvalue weighted by molar-refractivity contribution is 7.99. The van der Waals surface area contributed by atoms with Crippen molar-refractivity contribution in [3.63, 3.8) is 0 Å². The summed E-state index contributed by atoms with van der Waals surface area (Å²) in [6, 6.07) is 9.73. The Bertz CT molecular complexity index is 1190. The number of amides is 1. The first kappa shape index (κ1) is 20.5. The van der Waals surface area contributed by atoms with Crippen LogP contribution in [0.5, 0.6) is 0 Å². The standard InChI is InChI=1S/C21H20FN5OS2/c1-12-13(2)23-20-25-21(26-27(20)14(12)3)30-11-18(28)24-19(17-5-4-10-29-17)15-6-8-16(22)9-7-15/h4-10,19H,11H2,1-3H3,(H,24,28). The molecule has 3 aromatic heterocycles. The van der Waals surface area contributed by atoms with E-state index in [1.807, 2.05) is 38.3 Å². The van der Waals surface area contributed by atoms with Gasteiger partial charge in [-0.3, -0.25) is 4.79 Å². The minimum Gasteiger partial charge on any atom is -0.344 e. The maximum atomic E-state index is 13.3. The van der Waals surface area contributed by atoms with Crippen LogP contribution in [0.2, 0.25) is 0 Å². The van der Waals surface area contributed by atoms with E-state index in [4.69, 9.17) is 0 Å². The molecule has 1 N–H and O–H groups in total. The average Bonchev–Trinajstić information content (AvgIpc) is 3.40. The second-order valence-corrected chi connectivity index (χ2v) is 8.79. The van der Waals surface area contributed by atoms with Crippen LogP contribution in [-0.2, 0) is 4.79 Å². The molecule has 6 nitrogen and oxygen atoms in total. The van der Waals surface area contributed by atoms with Crippen LogP contribution >= 0.6 is 23.1 Å². The summed E-state index contributed by atoms with van der Waals surface area (Å²) in [5.41, 5.74) is 3.80. The Labute approximate surface area is 181 Å². The van der Waals surface area contributed by atoms with Gasteiger partial charge in [-0.15, -0.1) is 16.4 Å². The molecule has 1 unspecified atom stereocenters. The van der Waals surface area contributed by atoms with Crippen LogP contribution in [0, 0.1) is 26.6 Å². The molecular weight excluding hydrogens is 421 g/mol. The van der Waals surface area contributed by atoms with E-state index in [0.29, 0.717) is 10.9 Å². The number of carbonyl (C=O) groups is 1. The largest absolute Gasteiger partial charge is 0.344 e. The van der Waals surface area contributed by atoms with Crippen molar-refractivity contribution in [2.45, 2.75) is 32.0 Å². The first-order valence-corrected chi connectivity index (χ1v) is 11.2. The van der Waals surface area contributed by atoms with Crippen LogP contribution in [0.4, 0.5) is 4.39 Å². The van der Waals surface area contributed by atoms with Gasteiger partial charge in [0.25, 0.3) is 5.78 Å². The van der Waals surface area contributed by atoms with E-state index in [-0.39, 0.29) is 23.5 Å². The lowest BCUT2D eigenvalue weighted by Gasteiger charge is -2.18. The van der Waals surface area contributed by atoms with Gasteiger partial charge in [-0.2, -0.15) is 4.98 Å². The third-order valence-corrected chi connectivity index (χ3v) is 6.69. The molecule has 0 aliphatic heterocycles. The third kappa shape index (κ3) is 4.22. The Morgan fingerprint density at radius 2 is 1.97 bits per heavy atom. The highest BCUT2D eigenvalue weighted by Gasteiger charge is 2.19. The van der Waals surface area contributed by atoms with E-state index in [0.717, 1.165) is 27.4 Å². The lowest BCUT2D eigenvalue weighted by atomic mass is 10.1. The van der Waals surface area contributed by atoms with Crippen molar-refractivity contribution in [2.75, 3.05) is 5.75 Å². The molecular formula is C21H20FN5OS2. The second-order valence-electron chi connectivity index (χ2n) is 6.87. The summed E-state index contributed by atoms with van der Waals surface area (Å²) < 4.78 is 15.0. The topological polar surface area (TPSA) is 72.2 Å². The number of halogens is 1. The van der Waals surface area contributed by atoms with Gasteiger partial charge < -0.3 is 5.32 Å². The third-order valence-electron chi connectivity index (χ3n) is 4.91. The fraction of sp³-hybridized carbons (Fsp3) is 0.238. The Morgan fingerprint density at radius 1 is 1.20 bits per heavy atom. The number of carbonyl (C=O) groups excluding carboxylic acids is 1. The minimum atomic E-state index is -0.332. The number of nitrogens with one attached hydrogen (secondary N) is 1. The molecule has 30 heavy (non-hydrogen) atoms. The van der Waals surface area contributed by atoms with Crippen LogP contribution in [0.15, 0.2) is 46.9 Å². The number of hydrogen-bond donors (Lipinski definition) is 1. The maximum absolute atomic E-state index is 13.3. The first-order chi connectivity index (χ1) is 14.4. The highest BCUT2D eigenvalue weighted by Crippen LogP contribution is 2.27. The van der Waals surface area contributed by atoms with Gasteiger partial charge in [0.15, 0.2) is 0 Å². The summed E-state index contributed by atoms with van der Waals surface area (Å²) >= 11 is 2.80. The number of aromatic nitrogens is 4. The van der Waals surface area contributed by atoms with Crippen molar-refractivity contribution in [3.8, 4) is 0 Å². The average molecular weight is 442 g/mol. The van der Waals surface area contributed by atoms with E-state index >= 15 is 0 Å². The molecule has 0 aliphatic rings. The fourth-order valence-electron chi connectivity index (χ4n) is 3.06. The first-order valence-electron chi connectivity index (χ1n) is 9.34.